The Hall–Kier alpha value is -1.31. The molecule has 99 valence electrons. The second-order valence-electron chi connectivity index (χ2n) is 4.93. The van der Waals surface area contributed by atoms with Crippen LogP contribution in [0.15, 0.2) is 18.2 Å². The molecule has 1 radical (unpaired) electrons. The Balaban J connectivity index is 2.42. The lowest BCUT2D eigenvalue weighted by molar-refractivity contribution is -0.117. The Morgan fingerprint density at radius 1 is 1.39 bits per heavy atom. The average Bonchev–Trinajstić information content (AvgIpc) is 2.37. The van der Waals surface area contributed by atoms with Gasteiger partial charge in [0.25, 0.3) is 0 Å². The van der Waals surface area contributed by atoms with E-state index in [4.69, 9.17) is 0 Å². The quantitative estimate of drug-likeness (QED) is 0.761. The highest BCUT2D eigenvalue weighted by atomic mass is 16.1. The maximum atomic E-state index is 11.9. The van der Waals surface area contributed by atoms with Crippen molar-refractivity contribution >= 4 is 11.6 Å². The van der Waals surface area contributed by atoms with Crippen LogP contribution in [0.4, 0.5) is 5.69 Å². The van der Waals surface area contributed by atoms with E-state index in [2.05, 4.69) is 25.2 Å². The van der Waals surface area contributed by atoms with Crippen molar-refractivity contribution in [3.8, 4) is 0 Å². The third-order valence-electron chi connectivity index (χ3n) is 3.27. The Morgan fingerprint density at radius 3 is 2.72 bits per heavy atom. The third kappa shape index (κ3) is 5.35. The average molecular weight is 246 g/mol. The molecule has 0 aliphatic carbocycles. The Morgan fingerprint density at radius 2 is 2.17 bits per heavy atom. The summed E-state index contributed by atoms with van der Waals surface area (Å²) < 4.78 is 0. The largest absolute Gasteiger partial charge is 0.326 e. The van der Waals surface area contributed by atoms with Crippen molar-refractivity contribution < 1.29 is 4.79 Å². The number of anilines is 1. The minimum atomic E-state index is 0.121. The third-order valence-corrected chi connectivity index (χ3v) is 3.27. The van der Waals surface area contributed by atoms with E-state index in [1.54, 1.807) is 0 Å². The standard InChI is InChI=1S/C16H24NO/c1-4-6-7-14(5-2)12-16(18)17-15-10-8-13(3)9-11-15/h8,10-11,14H,4-7,12H2,1-3H3,(H,17,18). The van der Waals surface area contributed by atoms with Gasteiger partial charge in [-0.3, -0.25) is 4.79 Å². The number of nitrogens with one attached hydrogen (secondary N) is 1. The number of aryl methyl sites for hydroxylation is 1. The maximum Gasteiger partial charge on any atom is 0.224 e. The van der Waals surface area contributed by atoms with Gasteiger partial charge in [-0.05, 0) is 43.0 Å². The summed E-state index contributed by atoms with van der Waals surface area (Å²) in [5, 5.41) is 2.94. The summed E-state index contributed by atoms with van der Waals surface area (Å²) in [6, 6.07) is 8.82. The summed E-state index contributed by atoms with van der Waals surface area (Å²) >= 11 is 0. The summed E-state index contributed by atoms with van der Waals surface area (Å²) in [5.74, 6) is 0.634. The first-order chi connectivity index (χ1) is 8.65. The summed E-state index contributed by atoms with van der Waals surface area (Å²) in [5.41, 5.74) is 1.93. The van der Waals surface area contributed by atoms with Crippen LogP contribution in [0.3, 0.4) is 0 Å². The first-order valence-electron chi connectivity index (χ1n) is 6.93. The molecule has 0 fully saturated rings. The zero-order valence-electron chi connectivity index (χ0n) is 11.8. The van der Waals surface area contributed by atoms with Gasteiger partial charge in [0.15, 0.2) is 0 Å². The number of rotatable bonds is 7. The van der Waals surface area contributed by atoms with Crippen molar-refractivity contribution in [2.75, 3.05) is 5.32 Å². The predicted octanol–water partition coefficient (Wildman–Crippen LogP) is 4.34. The van der Waals surface area contributed by atoms with E-state index in [1.807, 2.05) is 25.1 Å². The van der Waals surface area contributed by atoms with E-state index in [-0.39, 0.29) is 5.91 Å². The second-order valence-corrected chi connectivity index (χ2v) is 4.93. The molecule has 1 atom stereocenters. The van der Waals surface area contributed by atoms with Gasteiger partial charge >= 0.3 is 0 Å². The topological polar surface area (TPSA) is 29.1 Å². The van der Waals surface area contributed by atoms with Crippen LogP contribution in [-0.4, -0.2) is 5.91 Å². The van der Waals surface area contributed by atoms with Crippen LogP contribution in [-0.2, 0) is 4.79 Å². The van der Waals surface area contributed by atoms with E-state index in [0.29, 0.717) is 12.3 Å². The van der Waals surface area contributed by atoms with Gasteiger partial charge in [0.2, 0.25) is 5.91 Å². The molecule has 1 amide bonds. The van der Waals surface area contributed by atoms with Crippen molar-refractivity contribution in [2.45, 2.75) is 52.9 Å². The van der Waals surface area contributed by atoms with Gasteiger partial charge in [-0.25, -0.2) is 0 Å². The SMILES string of the molecule is CCCCC(CC)CC(=O)Nc1c[c]c(C)cc1. The van der Waals surface area contributed by atoms with Crippen LogP contribution in [0.2, 0.25) is 0 Å². The molecule has 0 saturated heterocycles. The molecule has 0 saturated carbocycles. The molecule has 1 aromatic rings. The molecule has 1 rings (SSSR count). The number of amides is 1. The van der Waals surface area contributed by atoms with Crippen molar-refractivity contribution in [2.24, 2.45) is 5.92 Å². The normalized spacial score (nSPS) is 12.2. The summed E-state index contributed by atoms with van der Waals surface area (Å²) in [7, 11) is 0. The van der Waals surface area contributed by atoms with Crippen molar-refractivity contribution in [3.63, 3.8) is 0 Å². The molecule has 0 aromatic heterocycles. The van der Waals surface area contributed by atoms with Crippen molar-refractivity contribution in [3.05, 3.63) is 29.8 Å². The highest BCUT2D eigenvalue weighted by Gasteiger charge is 2.11. The van der Waals surface area contributed by atoms with Crippen molar-refractivity contribution in [1.82, 2.24) is 0 Å². The molecular weight excluding hydrogens is 222 g/mol. The van der Waals surface area contributed by atoms with Crippen LogP contribution in [0.25, 0.3) is 0 Å². The van der Waals surface area contributed by atoms with Gasteiger partial charge in [0.05, 0.1) is 0 Å². The van der Waals surface area contributed by atoms with Crippen LogP contribution < -0.4 is 5.32 Å². The number of carbonyl (C=O) groups is 1. The van der Waals surface area contributed by atoms with E-state index >= 15 is 0 Å². The number of carbonyl (C=O) groups excluding carboxylic acids is 1. The number of hydrogen-bond donors (Lipinski definition) is 1. The maximum absolute atomic E-state index is 11.9. The lowest BCUT2D eigenvalue weighted by atomic mass is 9.95. The Labute approximate surface area is 111 Å². The highest BCUT2D eigenvalue weighted by molar-refractivity contribution is 5.90. The van der Waals surface area contributed by atoms with Crippen LogP contribution in [0.1, 0.15) is 51.5 Å². The molecule has 0 spiro atoms. The van der Waals surface area contributed by atoms with Crippen LogP contribution >= 0.6 is 0 Å². The zero-order valence-corrected chi connectivity index (χ0v) is 11.8. The molecule has 18 heavy (non-hydrogen) atoms. The van der Waals surface area contributed by atoms with Crippen molar-refractivity contribution in [1.29, 1.82) is 0 Å². The molecule has 0 aliphatic rings. The van der Waals surface area contributed by atoms with Gasteiger partial charge in [-0.15, -0.1) is 0 Å². The monoisotopic (exact) mass is 246 g/mol. The molecular formula is C16H24NO. The molecule has 1 aromatic carbocycles. The molecule has 0 aliphatic heterocycles. The van der Waals surface area contributed by atoms with Gasteiger partial charge in [-0.2, -0.15) is 0 Å². The number of unbranched alkanes of at least 4 members (excludes halogenated alkanes) is 1. The highest BCUT2D eigenvalue weighted by Crippen LogP contribution is 2.18. The number of hydrogen-bond acceptors (Lipinski definition) is 1. The van der Waals surface area contributed by atoms with E-state index in [0.717, 1.165) is 24.1 Å². The van der Waals surface area contributed by atoms with Gasteiger partial charge in [-0.1, -0.05) is 39.2 Å². The second kappa shape index (κ2) is 7.91. The zero-order chi connectivity index (χ0) is 13.4. The lowest BCUT2D eigenvalue weighted by Crippen LogP contribution is -2.16. The molecule has 1 N–H and O–H groups in total. The Bertz CT molecular complexity index is 356. The summed E-state index contributed by atoms with van der Waals surface area (Å²) in [4.78, 5) is 11.9. The Kier molecular flexibility index (Phi) is 6.48. The first-order valence-corrected chi connectivity index (χ1v) is 6.93. The summed E-state index contributed by atoms with van der Waals surface area (Å²) in [6.45, 7) is 6.34. The minimum absolute atomic E-state index is 0.121. The van der Waals surface area contributed by atoms with E-state index in [1.165, 1.54) is 12.8 Å². The fourth-order valence-corrected chi connectivity index (χ4v) is 2.00. The van der Waals surface area contributed by atoms with E-state index < -0.39 is 0 Å². The van der Waals surface area contributed by atoms with E-state index in [9.17, 15) is 4.79 Å². The molecule has 0 heterocycles. The lowest BCUT2D eigenvalue weighted by Gasteiger charge is -2.14. The van der Waals surface area contributed by atoms with Gasteiger partial charge in [0.1, 0.15) is 0 Å². The first kappa shape index (κ1) is 14.7. The van der Waals surface area contributed by atoms with Crippen LogP contribution in [0, 0.1) is 18.9 Å². The predicted molar refractivity (Wildman–Crippen MR) is 76.6 cm³/mol. The molecule has 2 heteroatoms. The van der Waals surface area contributed by atoms with Gasteiger partial charge in [0, 0.05) is 12.1 Å². The smallest absolute Gasteiger partial charge is 0.224 e. The van der Waals surface area contributed by atoms with Crippen LogP contribution in [0.5, 0.6) is 0 Å². The molecule has 2 nitrogen and oxygen atoms in total. The minimum Gasteiger partial charge on any atom is -0.326 e. The fraction of sp³-hybridized carbons (Fsp3) is 0.562. The molecule has 0 bridgehead atoms. The number of benzene rings is 1. The fourth-order valence-electron chi connectivity index (χ4n) is 2.00. The van der Waals surface area contributed by atoms with Gasteiger partial charge < -0.3 is 5.32 Å². The molecule has 1 unspecified atom stereocenters. The summed E-state index contributed by atoms with van der Waals surface area (Å²) in [6.07, 6.45) is 5.27.